The first kappa shape index (κ1) is 17.4. The highest BCUT2D eigenvalue weighted by Crippen LogP contribution is 2.54. The van der Waals surface area contributed by atoms with E-state index in [1.54, 1.807) is 7.11 Å². The van der Waals surface area contributed by atoms with Crippen LogP contribution >= 0.6 is 7.26 Å². The van der Waals surface area contributed by atoms with Crippen LogP contribution in [0, 0.1) is 0 Å². The van der Waals surface area contributed by atoms with Gasteiger partial charge in [-0.3, -0.25) is 0 Å². The molecule has 118 valence electrons. The highest BCUT2D eigenvalue weighted by Gasteiger charge is 2.45. The van der Waals surface area contributed by atoms with Crippen molar-refractivity contribution < 1.29 is 10.2 Å². The van der Waals surface area contributed by atoms with Crippen molar-refractivity contribution in [3.63, 3.8) is 0 Å². The fraction of sp³-hybridized carbons (Fsp3) is 0.100. The van der Waals surface area contributed by atoms with Crippen LogP contribution in [-0.4, -0.2) is 18.9 Å². The second-order valence-corrected chi connectivity index (χ2v) is 8.66. The molecule has 0 unspecified atom stereocenters. The highest BCUT2D eigenvalue weighted by molar-refractivity contribution is 7.95. The molecule has 3 aromatic carbocycles. The molecule has 0 atom stereocenters. The van der Waals surface area contributed by atoms with Crippen molar-refractivity contribution in [1.82, 2.24) is 0 Å². The third-order valence-corrected chi connectivity index (χ3v) is 8.10. The van der Waals surface area contributed by atoms with E-state index in [1.165, 1.54) is 15.9 Å². The van der Waals surface area contributed by atoms with Crippen molar-refractivity contribution in [1.29, 1.82) is 0 Å². The van der Waals surface area contributed by atoms with Crippen LogP contribution in [0.25, 0.3) is 0 Å². The molecule has 0 heterocycles. The van der Waals surface area contributed by atoms with Gasteiger partial charge in [0, 0.05) is 7.11 Å². The summed E-state index contributed by atoms with van der Waals surface area (Å²) in [5.74, 6) is 0. The Balaban J connectivity index is 0.00000192. The van der Waals surface area contributed by atoms with Crippen LogP contribution in [0.2, 0.25) is 0 Å². The van der Waals surface area contributed by atoms with Crippen LogP contribution in [0.5, 0.6) is 0 Å². The van der Waals surface area contributed by atoms with E-state index in [1.807, 2.05) is 0 Å². The molecule has 1 N–H and O–H groups in total. The van der Waals surface area contributed by atoms with Crippen LogP contribution in [-0.2, 0) is 4.74 Å². The molecule has 0 spiro atoms. The number of rotatable bonds is 5. The first-order chi connectivity index (χ1) is 10.9. The summed E-state index contributed by atoms with van der Waals surface area (Å²) in [4.78, 5) is 0. The Kier molecular flexibility index (Phi) is 6.06. The average molecular weight is 324 g/mol. The lowest BCUT2D eigenvalue weighted by molar-refractivity contribution is 0.255. The molecular formula is C20H21O2P. The van der Waals surface area contributed by atoms with E-state index in [0.717, 1.165) is 0 Å². The maximum atomic E-state index is 5.72. The van der Waals surface area contributed by atoms with Crippen LogP contribution in [0.4, 0.5) is 0 Å². The van der Waals surface area contributed by atoms with Crippen molar-refractivity contribution in [2.45, 2.75) is 0 Å². The molecule has 2 nitrogen and oxygen atoms in total. The molecule has 0 saturated heterocycles. The number of ether oxygens (including phenoxy) is 1. The normalized spacial score (nSPS) is 10.8. The molecule has 0 aromatic heterocycles. The molecule has 0 radical (unpaired) electrons. The third kappa shape index (κ3) is 3.35. The molecule has 0 bridgehead atoms. The largest absolute Gasteiger partial charge is 0.870 e. The van der Waals surface area contributed by atoms with Gasteiger partial charge in [-0.25, -0.2) is 0 Å². The maximum absolute atomic E-state index is 5.72. The summed E-state index contributed by atoms with van der Waals surface area (Å²) in [7, 11) is 0.0197. The Hall–Kier alpha value is -1.99. The fourth-order valence-corrected chi connectivity index (χ4v) is 6.68. The Labute approximate surface area is 138 Å². The molecule has 0 aliphatic heterocycles. The van der Waals surface area contributed by atoms with Crippen molar-refractivity contribution in [2.75, 3.05) is 13.5 Å². The van der Waals surface area contributed by atoms with Crippen molar-refractivity contribution in [3.8, 4) is 0 Å². The van der Waals surface area contributed by atoms with Gasteiger partial charge < -0.3 is 10.2 Å². The van der Waals surface area contributed by atoms with Gasteiger partial charge in [0.05, 0.1) is 0 Å². The predicted octanol–water partition coefficient (Wildman–Crippen LogP) is 3.41. The summed E-state index contributed by atoms with van der Waals surface area (Å²) >= 11 is 0. The van der Waals surface area contributed by atoms with Gasteiger partial charge in [-0.15, -0.1) is 0 Å². The number of benzene rings is 3. The van der Waals surface area contributed by atoms with E-state index in [-0.39, 0.29) is 5.48 Å². The van der Waals surface area contributed by atoms with Gasteiger partial charge in [-0.05, 0) is 36.4 Å². The zero-order chi connectivity index (χ0) is 15.3. The van der Waals surface area contributed by atoms with Crippen LogP contribution in [0.1, 0.15) is 0 Å². The maximum Gasteiger partial charge on any atom is 0.170 e. The predicted molar refractivity (Wildman–Crippen MR) is 99.0 cm³/mol. The lowest BCUT2D eigenvalue weighted by atomic mass is 10.4. The van der Waals surface area contributed by atoms with Crippen molar-refractivity contribution in [3.05, 3.63) is 91.0 Å². The van der Waals surface area contributed by atoms with E-state index >= 15 is 0 Å². The van der Waals surface area contributed by atoms with Crippen LogP contribution in [0.15, 0.2) is 91.0 Å². The van der Waals surface area contributed by atoms with Gasteiger partial charge in [0.1, 0.15) is 23.2 Å². The van der Waals surface area contributed by atoms with E-state index < -0.39 is 7.26 Å². The highest BCUT2D eigenvalue weighted by atomic mass is 31.2. The molecule has 3 heteroatoms. The SMILES string of the molecule is COC[P+](c1ccccc1)(c1ccccc1)c1ccccc1.[OH-]. The molecule has 3 aromatic rings. The second kappa shape index (κ2) is 8.03. The average Bonchev–Trinajstić information content (AvgIpc) is 2.62. The first-order valence-corrected chi connectivity index (χ1v) is 9.39. The quantitative estimate of drug-likeness (QED) is 0.675. The minimum atomic E-state index is -1.78. The topological polar surface area (TPSA) is 39.2 Å². The monoisotopic (exact) mass is 324 g/mol. The molecule has 0 fully saturated rings. The molecule has 3 rings (SSSR count). The lowest BCUT2D eigenvalue weighted by Crippen LogP contribution is -2.33. The van der Waals surface area contributed by atoms with Crippen molar-refractivity contribution >= 4 is 23.2 Å². The van der Waals surface area contributed by atoms with Gasteiger partial charge >= 0.3 is 0 Å². The Bertz CT molecular complexity index is 603. The van der Waals surface area contributed by atoms with E-state index in [2.05, 4.69) is 91.0 Å². The Morgan fingerprint density at radius 1 is 0.609 bits per heavy atom. The summed E-state index contributed by atoms with van der Waals surface area (Å²) in [6, 6.07) is 32.3. The third-order valence-electron chi connectivity index (χ3n) is 3.91. The molecule has 0 aliphatic carbocycles. The fourth-order valence-electron chi connectivity index (χ4n) is 2.91. The summed E-state index contributed by atoms with van der Waals surface area (Å²) in [6.07, 6.45) is 0.713. The van der Waals surface area contributed by atoms with Gasteiger partial charge in [-0.2, -0.15) is 0 Å². The van der Waals surface area contributed by atoms with E-state index in [0.29, 0.717) is 6.35 Å². The number of methoxy groups -OCH3 is 1. The zero-order valence-electron chi connectivity index (χ0n) is 13.2. The summed E-state index contributed by atoms with van der Waals surface area (Å²) < 4.78 is 5.72. The standard InChI is InChI=1S/C20H20OP.H2O/c1-21-17-22(18-11-5-2-6-12-18,19-13-7-3-8-14-19)20-15-9-4-10-16-20;/h2-16H,17H2,1H3;1H2/q+1;/p-1. The lowest BCUT2D eigenvalue weighted by Gasteiger charge is -2.26. The smallest absolute Gasteiger partial charge is 0.170 e. The summed E-state index contributed by atoms with van der Waals surface area (Å²) in [6.45, 7) is 0. The van der Waals surface area contributed by atoms with Crippen molar-refractivity contribution in [2.24, 2.45) is 0 Å². The van der Waals surface area contributed by atoms with E-state index in [9.17, 15) is 0 Å². The minimum Gasteiger partial charge on any atom is -0.870 e. The molecule has 0 amide bonds. The minimum absolute atomic E-state index is 0. The van der Waals surface area contributed by atoms with Gasteiger partial charge in [0.2, 0.25) is 0 Å². The molecule has 0 aliphatic rings. The Morgan fingerprint density at radius 3 is 1.17 bits per heavy atom. The van der Waals surface area contributed by atoms with E-state index in [4.69, 9.17) is 4.74 Å². The van der Waals surface area contributed by atoms with Gasteiger partial charge in [0.25, 0.3) is 0 Å². The summed E-state index contributed by atoms with van der Waals surface area (Å²) in [5, 5.41) is 4.07. The summed E-state index contributed by atoms with van der Waals surface area (Å²) in [5.41, 5.74) is 0. The molecule has 23 heavy (non-hydrogen) atoms. The van der Waals surface area contributed by atoms with Crippen LogP contribution < -0.4 is 15.9 Å². The number of hydrogen-bond acceptors (Lipinski definition) is 2. The second-order valence-electron chi connectivity index (χ2n) is 5.23. The number of hydrogen-bond donors (Lipinski definition) is 0. The van der Waals surface area contributed by atoms with Gasteiger partial charge in [0.15, 0.2) is 6.35 Å². The molecule has 0 saturated carbocycles. The Morgan fingerprint density at radius 2 is 0.913 bits per heavy atom. The van der Waals surface area contributed by atoms with Crippen LogP contribution in [0.3, 0.4) is 0 Å². The zero-order valence-corrected chi connectivity index (χ0v) is 14.1. The molecular weight excluding hydrogens is 303 g/mol. The van der Waals surface area contributed by atoms with Gasteiger partial charge in [-0.1, -0.05) is 54.6 Å². The first-order valence-electron chi connectivity index (χ1n) is 7.42.